The average Bonchev–Trinajstić information content (AvgIpc) is 3.24. The van der Waals surface area contributed by atoms with Crippen LogP contribution < -0.4 is 4.90 Å². The van der Waals surface area contributed by atoms with E-state index in [1.54, 1.807) is 4.68 Å². The Balaban J connectivity index is 1.58. The second-order valence-electron chi connectivity index (χ2n) is 6.55. The van der Waals surface area contributed by atoms with Gasteiger partial charge in [0, 0.05) is 42.7 Å². The summed E-state index contributed by atoms with van der Waals surface area (Å²) < 4.78 is 42.3. The van der Waals surface area contributed by atoms with E-state index in [0.29, 0.717) is 19.0 Å². The molecule has 0 fully saturated rings. The second kappa shape index (κ2) is 6.57. The van der Waals surface area contributed by atoms with E-state index in [1.165, 1.54) is 4.90 Å². The Morgan fingerprint density at radius 2 is 1.96 bits per heavy atom. The summed E-state index contributed by atoms with van der Waals surface area (Å²) >= 11 is 0. The first-order valence-electron chi connectivity index (χ1n) is 8.49. The highest BCUT2D eigenvalue weighted by Crippen LogP contribution is 2.32. The lowest BCUT2D eigenvalue weighted by Gasteiger charge is -2.18. The van der Waals surface area contributed by atoms with Crippen LogP contribution >= 0.6 is 0 Å². The zero-order chi connectivity index (χ0) is 19.1. The van der Waals surface area contributed by atoms with E-state index in [-0.39, 0.29) is 5.56 Å². The Morgan fingerprint density at radius 1 is 1.15 bits per heavy atom. The minimum atomic E-state index is -1.29. The quantitative estimate of drug-likeness (QED) is 0.660. The number of carbonyl (C=O) groups is 1. The number of halogens is 3. The SMILES string of the molecule is Cn1ccc(-c2ccc3c(c2)CCN3C(=O)Cc2cc(F)cc(F)c2F)n1. The van der Waals surface area contributed by atoms with E-state index in [0.717, 1.165) is 28.6 Å². The fourth-order valence-electron chi connectivity index (χ4n) is 3.39. The molecule has 3 aromatic rings. The van der Waals surface area contributed by atoms with E-state index in [2.05, 4.69) is 5.10 Å². The second-order valence-corrected chi connectivity index (χ2v) is 6.55. The van der Waals surface area contributed by atoms with Crippen molar-refractivity contribution in [3.05, 3.63) is 71.2 Å². The number of hydrogen-bond donors (Lipinski definition) is 0. The smallest absolute Gasteiger partial charge is 0.231 e. The number of benzene rings is 2. The molecule has 2 heterocycles. The van der Waals surface area contributed by atoms with Crippen LogP contribution in [0.3, 0.4) is 0 Å². The largest absolute Gasteiger partial charge is 0.312 e. The predicted octanol–water partition coefficient (Wildman–Crippen LogP) is 3.64. The lowest BCUT2D eigenvalue weighted by Crippen LogP contribution is -2.30. The highest BCUT2D eigenvalue weighted by atomic mass is 19.2. The first-order chi connectivity index (χ1) is 12.9. The number of rotatable bonds is 3. The van der Waals surface area contributed by atoms with Gasteiger partial charge in [-0.25, -0.2) is 13.2 Å². The van der Waals surface area contributed by atoms with Crippen LogP contribution in [-0.2, 0) is 24.7 Å². The zero-order valence-corrected chi connectivity index (χ0v) is 14.5. The third kappa shape index (κ3) is 3.20. The van der Waals surface area contributed by atoms with Gasteiger partial charge in [0.15, 0.2) is 11.6 Å². The van der Waals surface area contributed by atoms with Crippen LogP contribution in [0.5, 0.6) is 0 Å². The molecule has 0 bridgehead atoms. The summed E-state index contributed by atoms with van der Waals surface area (Å²) in [5.74, 6) is -3.78. The number of anilines is 1. The van der Waals surface area contributed by atoms with Gasteiger partial charge in [0.25, 0.3) is 0 Å². The van der Waals surface area contributed by atoms with E-state index in [9.17, 15) is 18.0 Å². The number of hydrogen-bond acceptors (Lipinski definition) is 2. The molecule has 1 amide bonds. The van der Waals surface area contributed by atoms with E-state index in [4.69, 9.17) is 0 Å². The Hall–Kier alpha value is -3.09. The predicted molar refractivity (Wildman–Crippen MR) is 94.7 cm³/mol. The molecule has 1 aliphatic rings. The number of amides is 1. The molecule has 0 saturated heterocycles. The lowest BCUT2D eigenvalue weighted by atomic mass is 10.1. The van der Waals surface area contributed by atoms with Crippen LogP contribution in [0.25, 0.3) is 11.3 Å². The molecule has 27 heavy (non-hydrogen) atoms. The summed E-state index contributed by atoms with van der Waals surface area (Å²) in [4.78, 5) is 14.1. The maximum absolute atomic E-state index is 13.8. The molecule has 0 aliphatic carbocycles. The van der Waals surface area contributed by atoms with Gasteiger partial charge in [-0.15, -0.1) is 0 Å². The van der Waals surface area contributed by atoms with Gasteiger partial charge in [0.05, 0.1) is 12.1 Å². The summed E-state index contributed by atoms with van der Waals surface area (Å²) in [5, 5.41) is 4.37. The van der Waals surface area contributed by atoms with E-state index >= 15 is 0 Å². The standard InChI is InChI=1S/C20H16F3N3O/c1-25-6-5-17(24-25)12-2-3-18-13(8-12)4-7-26(18)19(27)10-14-9-15(21)11-16(22)20(14)23/h2-3,5-6,8-9,11H,4,7,10H2,1H3. The summed E-state index contributed by atoms with van der Waals surface area (Å²) in [6.45, 7) is 0.444. The van der Waals surface area contributed by atoms with Gasteiger partial charge in [-0.2, -0.15) is 5.10 Å². The molecule has 0 unspecified atom stereocenters. The van der Waals surface area contributed by atoms with Crippen LogP contribution in [0.2, 0.25) is 0 Å². The van der Waals surface area contributed by atoms with Crippen LogP contribution in [0.1, 0.15) is 11.1 Å². The number of nitrogens with zero attached hydrogens (tertiary/aromatic N) is 3. The first kappa shape index (κ1) is 17.3. The number of aromatic nitrogens is 2. The van der Waals surface area contributed by atoms with E-state index in [1.807, 2.05) is 37.5 Å². The van der Waals surface area contributed by atoms with Gasteiger partial charge in [-0.3, -0.25) is 9.48 Å². The van der Waals surface area contributed by atoms with Crippen molar-refractivity contribution >= 4 is 11.6 Å². The van der Waals surface area contributed by atoms with Crippen molar-refractivity contribution in [2.75, 3.05) is 11.4 Å². The summed E-state index contributed by atoms with van der Waals surface area (Å²) in [6, 6.07) is 8.90. The maximum atomic E-state index is 13.8. The lowest BCUT2D eigenvalue weighted by molar-refractivity contribution is -0.117. The molecule has 1 aromatic heterocycles. The normalized spacial score (nSPS) is 13.1. The molecule has 4 nitrogen and oxygen atoms in total. The van der Waals surface area contributed by atoms with Crippen molar-refractivity contribution in [1.82, 2.24) is 9.78 Å². The third-order valence-corrected chi connectivity index (χ3v) is 4.70. The first-order valence-corrected chi connectivity index (χ1v) is 8.49. The van der Waals surface area contributed by atoms with Crippen LogP contribution in [0.15, 0.2) is 42.6 Å². The molecule has 0 saturated carbocycles. The van der Waals surface area contributed by atoms with Crippen molar-refractivity contribution in [1.29, 1.82) is 0 Å². The summed E-state index contributed by atoms with van der Waals surface area (Å²) in [6.07, 6.45) is 2.11. The number of carbonyl (C=O) groups excluding carboxylic acids is 1. The molecule has 2 aromatic carbocycles. The molecule has 138 valence electrons. The Morgan fingerprint density at radius 3 is 2.70 bits per heavy atom. The number of aryl methyl sites for hydroxylation is 1. The minimum absolute atomic E-state index is 0.281. The molecular weight excluding hydrogens is 355 g/mol. The van der Waals surface area contributed by atoms with Crippen molar-refractivity contribution in [2.45, 2.75) is 12.8 Å². The Bertz CT molecular complexity index is 1040. The van der Waals surface area contributed by atoms with E-state index < -0.39 is 29.8 Å². The molecule has 0 atom stereocenters. The van der Waals surface area contributed by atoms with Crippen molar-refractivity contribution < 1.29 is 18.0 Å². The van der Waals surface area contributed by atoms with Gasteiger partial charge >= 0.3 is 0 Å². The molecule has 1 aliphatic heterocycles. The molecule has 4 rings (SSSR count). The highest BCUT2D eigenvalue weighted by molar-refractivity contribution is 5.97. The van der Waals surface area contributed by atoms with Crippen LogP contribution in [-0.4, -0.2) is 22.2 Å². The van der Waals surface area contributed by atoms with Gasteiger partial charge in [-0.05, 0) is 36.2 Å². The third-order valence-electron chi connectivity index (χ3n) is 4.70. The van der Waals surface area contributed by atoms with Crippen LogP contribution in [0, 0.1) is 17.5 Å². The maximum Gasteiger partial charge on any atom is 0.231 e. The summed E-state index contributed by atoms with van der Waals surface area (Å²) in [5.41, 5.74) is 3.22. The highest BCUT2D eigenvalue weighted by Gasteiger charge is 2.26. The fraction of sp³-hybridized carbons (Fsp3) is 0.200. The van der Waals surface area contributed by atoms with Crippen molar-refractivity contribution in [3.63, 3.8) is 0 Å². The van der Waals surface area contributed by atoms with Crippen molar-refractivity contribution in [2.24, 2.45) is 7.05 Å². The average molecular weight is 371 g/mol. The van der Waals surface area contributed by atoms with Gasteiger partial charge < -0.3 is 4.90 Å². The van der Waals surface area contributed by atoms with Gasteiger partial charge in [-0.1, -0.05) is 6.07 Å². The monoisotopic (exact) mass is 371 g/mol. The van der Waals surface area contributed by atoms with Gasteiger partial charge in [0.1, 0.15) is 5.82 Å². The number of fused-ring (bicyclic) bond motifs is 1. The molecular formula is C20H16F3N3O. The zero-order valence-electron chi connectivity index (χ0n) is 14.5. The molecule has 7 heteroatoms. The summed E-state index contributed by atoms with van der Waals surface area (Å²) in [7, 11) is 1.84. The molecule has 0 radical (unpaired) electrons. The molecule has 0 N–H and O–H groups in total. The Kier molecular flexibility index (Phi) is 4.22. The minimum Gasteiger partial charge on any atom is -0.312 e. The van der Waals surface area contributed by atoms with Crippen molar-refractivity contribution in [3.8, 4) is 11.3 Å². The van der Waals surface area contributed by atoms with Crippen LogP contribution in [0.4, 0.5) is 18.9 Å². The molecule has 0 spiro atoms. The fourth-order valence-corrected chi connectivity index (χ4v) is 3.39. The van der Waals surface area contributed by atoms with Gasteiger partial charge in [0.2, 0.25) is 5.91 Å². The topological polar surface area (TPSA) is 38.1 Å². The Labute approximate surface area is 153 Å².